The maximum atomic E-state index is 13.6. The Morgan fingerprint density at radius 1 is 0.900 bits per heavy atom. The van der Waals surface area contributed by atoms with Crippen molar-refractivity contribution in [3.63, 3.8) is 0 Å². The molecule has 1 nitrogen and oxygen atoms in total. The Labute approximate surface area is 114 Å². The minimum Gasteiger partial charge on any atom is -0.306 e. The molecule has 0 heterocycles. The largest absolute Gasteiger partial charge is 0.306 e. The first-order valence-corrected chi connectivity index (χ1v) is 6.09. The quantitative estimate of drug-likeness (QED) is 0.833. The predicted octanol–water partition coefficient (Wildman–Crippen LogP) is 4.09. The highest BCUT2D eigenvalue weighted by Gasteiger charge is 2.12. The van der Waals surface area contributed by atoms with Crippen LogP contribution < -0.4 is 5.32 Å². The highest BCUT2D eigenvalue weighted by molar-refractivity contribution is 5.23. The summed E-state index contributed by atoms with van der Waals surface area (Å²) in [6.07, 6.45) is 0. The van der Waals surface area contributed by atoms with Crippen LogP contribution in [0.5, 0.6) is 0 Å². The van der Waals surface area contributed by atoms with Gasteiger partial charge in [-0.2, -0.15) is 0 Å². The molecule has 0 aliphatic heterocycles. The average molecular weight is 283 g/mol. The molecule has 20 heavy (non-hydrogen) atoms. The number of benzene rings is 2. The lowest BCUT2D eigenvalue weighted by Gasteiger charge is -2.15. The molecule has 0 radical (unpaired) electrons. The molecule has 0 fully saturated rings. The Kier molecular flexibility index (Phi) is 4.39. The fourth-order valence-corrected chi connectivity index (χ4v) is 1.90. The van der Waals surface area contributed by atoms with Gasteiger partial charge in [0.2, 0.25) is 0 Å². The Morgan fingerprint density at radius 2 is 1.55 bits per heavy atom. The fraction of sp³-hybridized carbons (Fsp3) is 0.200. The van der Waals surface area contributed by atoms with Crippen LogP contribution in [-0.2, 0) is 6.54 Å². The molecule has 0 saturated heterocycles. The van der Waals surface area contributed by atoms with Gasteiger partial charge in [0.1, 0.15) is 23.3 Å². The van der Waals surface area contributed by atoms with E-state index in [0.717, 1.165) is 30.3 Å². The van der Waals surface area contributed by atoms with Crippen molar-refractivity contribution in [3.8, 4) is 0 Å². The third kappa shape index (κ3) is 3.36. The van der Waals surface area contributed by atoms with Crippen molar-refractivity contribution in [2.24, 2.45) is 0 Å². The second-order valence-corrected chi connectivity index (χ2v) is 4.50. The first-order valence-electron chi connectivity index (χ1n) is 6.09. The van der Waals surface area contributed by atoms with Crippen LogP contribution in [-0.4, -0.2) is 0 Å². The van der Waals surface area contributed by atoms with Crippen LogP contribution in [0.1, 0.15) is 24.1 Å². The molecular weight excluding hydrogens is 270 g/mol. The summed E-state index contributed by atoms with van der Waals surface area (Å²) in [7, 11) is 0. The fourth-order valence-electron chi connectivity index (χ4n) is 1.90. The van der Waals surface area contributed by atoms with E-state index in [1.165, 1.54) is 6.07 Å². The third-order valence-corrected chi connectivity index (χ3v) is 3.04. The predicted molar refractivity (Wildman–Crippen MR) is 68.0 cm³/mol. The standard InChI is InChI=1S/C15H13F4N/c1-9(13-4-2-12(17)7-15(13)19)20-8-10-6-11(16)3-5-14(10)18/h2-7,9,20H,8H2,1H3. The van der Waals surface area contributed by atoms with Crippen LogP contribution in [0.4, 0.5) is 17.6 Å². The Bertz CT molecular complexity index is 613. The molecule has 0 aliphatic rings. The van der Waals surface area contributed by atoms with E-state index in [1.807, 2.05) is 0 Å². The number of hydrogen-bond donors (Lipinski definition) is 1. The summed E-state index contributed by atoms with van der Waals surface area (Å²) in [5.74, 6) is -2.41. The van der Waals surface area contributed by atoms with Gasteiger partial charge in [-0.25, -0.2) is 17.6 Å². The summed E-state index contributed by atoms with van der Waals surface area (Å²) in [5, 5.41) is 2.87. The highest BCUT2D eigenvalue weighted by Crippen LogP contribution is 2.19. The van der Waals surface area contributed by atoms with Gasteiger partial charge < -0.3 is 5.32 Å². The first kappa shape index (κ1) is 14.5. The van der Waals surface area contributed by atoms with Crippen LogP contribution in [0.3, 0.4) is 0 Å². The van der Waals surface area contributed by atoms with Gasteiger partial charge in [-0.15, -0.1) is 0 Å². The zero-order chi connectivity index (χ0) is 14.7. The van der Waals surface area contributed by atoms with Gasteiger partial charge in [0, 0.05) is 29.8 Å². The molecule has 1 N–H and O–H groups in total. The molecule has 0 aromatic heterocycles. The molecular formula is C15H13F4N. The van der Waals surface area contributed by atoms with Crippen molar-refractivity contribution in [1.82, 2.24) is 5.32 Å². The first-order chi connectivity index (χ1) is 9.47. The summed E-state index contributed by atoms with van der Waals surface area (Å²) in [4.78, 5) is 0. The van der Waals surface area contributed by atoms with E-state index >= 15 is 0 Å². The summed E-state index contributed by atoms with van der Waals surface area (Å²) in [5.41, 5.74) is 0.419. The van der Waals surface area contributed by atoms with Crippen molar-refractivity contribution in [2.45, 2.75) is 19.5 Å². The SMILES string of the molecule is CC(NCc1cc(F)ccc1F)c1ccc(F)cc1F. The zero-order valence-electron chi connectivity index (χ0n) is 10.8. The molecule has 0 amide bonds. The van der Waals surface area contributed by atoms with E-state index in [4.69, 9.17) is 0 Å². The van der Waals surface area contributed by atoms with Gasteiger partial charge in [0.25, 0.3) is 0 Å². The monoisotopic (exact) mass is 283 g/mol. The van der Waals surface area contributed by atoms with E-state index in [9.17, 15) is 17.6 Å². The number of hydrogen-bond acceptors (Lipinski definition) is 1. The van der Waals surface area contributed by atoms with Gasteiger partial charge in [-0.05, 0) is 31.2 Å². The molecule has 2 aromatic rings. The lowest BCUT2D eigenvalue weighted by atomic mass is 10.1. The minimum absolute atomic E-state index is 0.0432. The van der Waals surface area contributed by atoms with Crippen molar-refractivity contribution >= 4 is 0 Å². The highest BCUT2D eigenvalue weighted by atomic mass is 19.1. The van der Waals surface area contributed by atoms with E-state index in [1.54, 1.807) is 6.92 Å². The van der Waals surface area contributed by atoms with Gasteiger partial charge in [-0.3, -0.25) is 0 Å². The minimum atomic E-state index is -0.676. The second kappa shape index (κ2) is 6.05. The van der Waals surface area contributed by atoms with Crippen LogP contribution in [0.25, 0.3) is 0 Å². The van der Waals surface area contributed by atoms with Gasteiger partial charge in [0.15, 0.2) is 0 Å². The van der Waals surface area contributed by atoms with Gasteiger partial charge in [-0.1, -0.05) is 6.07 Å². The molecule has 2 rings (SSSR count). The van der Waals surface area contributed by atoms with Gasteiger partial charge in [0.05, 0.1) is 0 Å². The Hall–Kier alpha value is -1.88. The van der Waals surface area contributed by atoms with Crippen LogP contribution >= 0.6 is 0 Å². The molecule has 0 aliphatic carbocycles. The molecule has 5 heteroatoms. The maximum absolute atomic E-state index is 13.6. The number of halogens is 4. The van der Waals surface area contributed by atoms with Crippen molar-refractivity contribution in [1.29, 1.82) is 0 Å². The molecule has 0 saturated carbocycles. The topological polar surface area (TPSA) is 12.0 Å². The molecule has 1 unspecified atom stereocenters. The smallest absolute Gasteiger partial charge is 0.130 e. The Balaban J connectivity index is 2.08. The molecule has 106 valence electrons. The third-order valence-electron chi connectivity index (χ3n) is 3.04. The van der Waals surface area contributed by atoms with E-state index in [-0.39, 0.29) is 17.7 Å². The van der Waals surface area contributed by atoms with Crippen LogP contribution in [0.15, 0.2) is 36.4 Å². The summed E-state index contributed by atoms with van der Waals surface area (Å²) in [6.45, 7) is 1.70. The molecule has 2 aromatic carbocycles. The lowest BCUT2D eigenvalue weighted by Crippen LogP contribution is -2.20. The normalized spacial score (nSPS) is 12.4. The zero-order valence-corrected chi connectivity index (χ0v) is 10.8. The molecule has 1 atom stereocenters. The summed E-state index contributed by atoms with van der Waals surface area (Å²) < 4.78 is 52.8. The summed E-state index contributed by atoms with van der Waals surface area (Å²) in [6, 6.07) is 5.95. The van der Waals surface area contributed by atoms with E-state index in [0.29, 0.717) is 0 Å². The molecule has 0 bridgehead atoms. The Morgan fingerprint density at radius 3 is 2.25 bits per heavy atom. The van der Waals surface area contributed by atoms with Gasteiger partial charge >= 0.3 is 0 Å². The average Bonchev–Trinajstić information content (AvgIpc) is 2.39. The summed E-state index contributed by atoms with van der Waals surface area (Å²) >= 11 is 0. The lowest BCUT2D eigenvalue weighted by molar-refractivity contribution is 0.505. The van der Waals surface area contributed by atoms with E-state index < -0.39 is 29.3 Å². The maximum Gasteiger partial charge on any atom is 0.130 e. The number of nitrogens with one attached hydrogen (secondary N) is 1. The van der Waals surface area contributed by atoms with E-state index in [2.05, 4.69) is 5.32 Å². The second-order valence-electron chi connectivity index (χ2n) is 4.50. The van der Waals surface area contributed by atoms with Crippen molar-refractivity contribution in [2.75, 3.05) is 0 Å². The van der Waals surface area contributed by atoms with Crippen molar-refractivity contribution in [3.05, 3.63) is 70.8 Å². The molecule has 0 spiro atoms. The van der Waals surface area contributed by atoms with Crippen molar-refractivity contribution < 1.29 is 17.6 Å². The number of rotatable bonds is 4. The van der Waals surface area contributed by atoms with Crippen LogP contribution in [0.2, 0.25) is 0 Å². The van der Waals surface area contributed by atoms with Crippen LogP contribution in [0, 0.1) is 23.3 Å².